The fourth-order valence-electron chi connectivity index (χ4n) is 1.19. The van der Waals surface area contributed by atoms with Crippen molar-refractivity contribution in [1.29, 1.82) is 0 Å². The van der Waals surface area contributed by atoms with Crippen LogP contribution < -0.4 is 0 Å². The van der Waals surface area contributed by atoms with Crippen molar-refractivity contribution >= 4 is 11.6 Å². The third-order valence-electron chi connectivity index (χ3n) is 2.05. The quantitative estimate of drug-likeness (QED) is 0.819. The number of halogens is 7. The van der Waals surface area contributed by atoms with Crippen LogP contribution in [-0.4, -0.2) is 17.4 Å². The minimum Gasteiger partial charge on any atom is -0.333 e. The van der Waals surface area contributed by atoms with Crippen molar-refractivity contribution in [3.8, 4) is 0 Å². The highest BCUT2D eigenvalue weighted by Gasteiger charge is 2.72. The smallest absolute Gasteiger partial charge is 0.333 e. The zero-order valence-electron chi connectivity index (χ0n) is 7.90. The summed E-state index contributed by atoms with van der Waals surface area (Å²) < 4.78 is 75.5. The molecule has 0 aliphatic heterocycles. The van der Waals surface area contributed by atoms with E-state index < -0.39 is 23.5 Å². The van der Waals surface area contributed by atoms with Gasteiger partial charge in [0, 0.05) is 10.6 Å². The van der Waals surface area contributed by atoms with Crippen LogP contribution in [0.5, 0.6) is 0 Å². The van der Waals surface area contributed by atoms with Gasteiger partial charge in [-0.2, -0.15) is 22.0 Å². The Hall–Kier alpha value is -0.950. The van der Waals surface area contributed by atoms with Gasteiger partial charge >= 0.3 is 18.0 Å². The molecule has 17 heavy (non-hydrogen) atoms. The van der Waals surface area contributed by atoms with Gasteiger partial charge in [0.1, 0.15) is 0 Å². The van der Waals surface area contributed by atoms with E-state index in [1.807, 2.05) is 0 Å². The molecule has 0 amide bonds. The maximum atomic E-state index is 13.5. The first kappa shape index (κ1) is 14.1. The monoisotopic (exact) mass is 278 g/mol. The van der Waals surface area contributed by atoms with Gasteiger partial charge in [0.25, 0.3) is 0 Å². The first-order valence-electron chi connectivity index (χ1n) is 4.12. The molecule has 0 saturated carbocycles. The SMILES string of the molecule is OC(F)(F)C(F)(c1ccc(Cl)cc1)C(F)(F)F. The summed E-state index contributed by atoms with van der Waals surface area (Å²) in [6, 6.07) is 2.48. The normalized spacial score (nSPS) is 16.7. The van der Waals surface area contributed by atoms with Gasteiger partial charge in [0.2, 0.25) is 0 Å². The number of rotatable bonds is 2. The van der Waals surface area contributed by atoms with E-state index >= 15 is 0 Å². The van der Waals surface area contributed by atoms with Gasteiger partial charge in [0.05, 0.1) is 0 Å². The Balaban J connectivity index is 3.41. The molecule has 0 heterocycles. The molecule has 0 saturated heterocycles. The van der Waals surface area contributed by atoms with Gasteiger partial charge in [-0.3, -0.25) is 0 Å². The minimum absolute atomic E-state index is 0.0560. The largest absolute Gasteiger partial charge is 0.435 e. The highest BCUT2D eigenvalue weighted by atomic mass is 35.5. The van der Waals surface area contributed by atoms with Gasteiger partial charge in [-0.05, 0) is 12.1 Å². The Bertz CT molecular complexity index is 379. The summed E-state index contributed by atoms with van der Waals surface area (Å²) >= 11 is 5.34. The Morgan fingerprint density at radius 2 is 1.29 bits per heavy atom. The number of alkyl halides is 6. The van der Waals surface area contributed by atoms with Crippen LogP contribution in [0.25, 0.3) is 0 Å². The molecule has 0 bridgehead atoms. The molecule has 0 aliphatic carbocycles. The molecular weight excluding hydrogens is 274 g/mol. The van der Waals surface area contributed by atoms with Crippen LogP contribution in [0.3, 0.4) is 0 Å². The zero-order chi connectivity index (χ0) is 13.5. The van der Waals surface area contributed by atoms with E-state index in [4.69, 9.17) is 16.7 Å². The topological polar surface area (TPSA) is 20.2 Å². The standard InChI is InChI=1S/C9H5ClF6O/c10-6-3-1-5(2-4-6)7(11,8(12,13)14)9(15,16)17/h1-4,17H. The summed E-state index contributed by atoms with van der Waals surface area (Å²) in [6.07, 6.45) is -11.6. The maximum absolute atomic E-state index is 13.5. The molecular formula is C9H5ClF6O. The Labute approximate surface area is 96.6 Å². The third-order valence-corrected chi connectivity index (χ3v) is 2.30. The predicted octanol–water partition coefficient (Wildman–Crippen LogP) is 3.65. The average molecular weight is 279 g/mol. The highest BCUT2D eigenvalue weighted by Crippen LogP contribution is 2.51. The molecule has 1 aromatic carbocycles. The fourth-order valence-corrected chi connectivity index (χ4v) is 1.31. The molecule has 0 spiro atoms. The van der Waals surface area contributed by atoms with Crippen LogP contribution in [0.1, 0.15) is 5.56 Å². The van der Waals surface area contributed by atoms with E-state index in [9.17, 15) is 26.3 Å². The van der Waals surface area contributed by atoms with Crippen molar-refractivity contribution in [2.24, 2.45) is 0 Å². The second-order valence-corrected chi connectivity index (χ2v) is 3.64. The van der Waals surface area contributed by atoms with E-state index in [1.54, 1.807) is 0 Å². The maximum Gasteiger partial charge on any atom is 0.435 e. The summed E-state index contributed by atoms with van der Waals surface area (Å²) in [6.45, 7) is 0. The lowest BCUT2D eigenvalue weighted by Crippen LogP contribution is -2.52. The molecule has 1 N–H and O–H groups in total. The molecule has 1 nitrogen and oxygen atoms in total. The predicted molar refractivity (Wildman–Crippen MR) is 47.5 cm³/mol. The van der Waals surface area contributed by atoms with Gasteiger partial charge in [-0.15, -0.1) is 0 Å². The molecule has 1 aromatic rings. The van der Waals surface area contributed by atoms with Crippen molar-refractivity contribution < 1.29 is 31.4 Å². The molecule has 96 valence electrons. The fraction of sp³-hybridized carbons (Fsp3) is 0.333. The highest BCUT2D eigenvalue weighted by molar-refractivity contribution is 6.30. The van der Waals surface area contributed by atoms with Gasteiger partial charge in [-0.25, -0.2) is 4.39 Å². The second-order valence-electron chi connectivity index (χ2n) is 3.20. The van der Waals surface area contributed by atoms with Crippen LogP contribution in [0.4, 0.5) is 26.3 Å². The van der Waals surface area contributed by atoms with E-state index in [-0.39, 0.29) is 5.02 Å². The van der Waals surface area contributed by atoms with Crippen LogP contribution in [0.2, 0.25) is 5.02 Å². The molecule has 0 radical (unpaired) electrons. The van der Waals surface area contributed by atoms with Gasteiger partial charge in [0.15, 0.2) is 0 Å². The van der Waals surface area contributed by atoms with E-state index in [1.165, 1.54) is 0 Å². The van der Waals surface area contributed by atoms with Crippen molar-refractivity contribution in [1.82, 2.24) is 0 Å². The van der Waals surface area contributed by atoms with Crippen LogP contribution in [0.15, 0.2) is 24.3 Å². The summed E-state index contributed by atoms with van der Waals surface area (Å²) in [4.78, 5) is 0. The Kier molecular flexibility index (Phi) is 3.37. The van der Waals surface area contributed by atoms with Gasteiger partial charge in [-0.1, -0.05) is 23.7 Å². The molecule has 0 fully saturated rings. The lowest BCUT2D eigenvalue weighted by atomic mass is 9.94. The summed E-state index contributed by atoms with van der Waals surface area (Å²) in [5.41, 5.74) is -6.60. The summed E-state index contributed by atoms with van der Waals surface area (Å²) in [7, 11) is 0. The molecule has 8 heteroatoms. The third kappa shape index (κ3) is 2.35. The number of benzene rings is 1. The van der Waals surface area contributed by atoms with Crippen molar-refractivity contribution in [3.63, 3.8) is 0 Å². The minimum atomic E-state index is -5.97. The van der Waals surface area contributed by atoms with Crippen molar-refractivity contribution in [2.45, 2.75) is 18.0 Å². The van der Waals surface area contributed by atoms with Gasteiger partial charge < -0.3 is 5.11 Å². The molecule has 1 rings (SSSR count). The Morgan fingerprint density at radius 1 is 0.882 bits per heavy atom. The van der Waals surface area contributed by atoms with Crippen LogP contribution in [0, 0.1) is 0 Å². The first-order valence-corrected chi connectivity index (χ1v) is 4.50. The summed E-state index contributed by atoms with van der Waals surface area (Å²) in [5, 5.41) is 8.08. The average Bonchev–Trinajstić information content (AvgIpc) is 2.14. The number of aliphatic hydroxyl groups is 1. The molecule has 0 aromatic heterocycles. The summed E-state index contributed by atoms with van der Waals surface area (Å²) in [5.74, 6) is 0. The van der Waals surface area contributed by atoms with Crippen LogP contribution in [-0.2, 0) is 5.67 Å². The van der Waals surface area contributed by atoms with E-state index in [0.29, 0.717) is 12.1 Å². The van der Waals surface area contributed by atoms with Crippen LogP contribution >= 0.6 is 11.6 Å². The number of hydrogen-bond acceptors (Lipinski definition) is 1. The molecule has 0 aliphatic rings. The van der Waals surface area contributed by atoms with E-state index in [2.05, 4.69) is 0 Å². The van der Waals surface area contributed by atoms with Crippen molar-refractivity contribution in [3.05, 3.63) is 34.9 Å². The first-order chi connectivity index (χ1) is 7.50. The lowest BCUT2D eigenvalue weighted by molar-refractivity contribution is -0.375. The zero-order valence-corrected chi connectivity index (χ0v) is 8.66. The number of hydrogen-bond donors (Lipinski definition) is 1. The van der Waals surface area contributed by atoms with E-state index in [0.717, 1.165) is 12.1 Å². The molecule has 1 unspecified atom stereocenters. The lowest BCUT2D eigenvalue weighted by Gasteiger charge is -2.31. The Morgan fingerprint density at radius 3 is 1.59 bits per heavy atom. The second kappa shape index (κ2) is 4.06. The van der Waals surface area contributed by atoms with Crippen molar-refractivity contribution in [2.75, 3.05) is 0 Å². The molecule has 1 atom stereocenters.